The number of aromatic nitrogens is 4. The Kier molecular flexibility index (Phi) is 4.12. The lowest BCUT2D eigenvalue weighted by molar-refractivity contribution is 0.0967. The Bertz CT molecular complexity index is 1070. The third-order valence-electron chi connectivity index (χ3n) is 4.59. The molecule has 0 spiro atoms. The van der Waals surface area contributed by atoms with Gasteiger partial charge < -0.3 is 14.0 Å². The zero-order chi connectivity index (χ0) is 19.0. The second-order valence-electron chi connectivity index (χ2n) is 6.36. The van der Waals surface area contributed by atoms with E-state index in [9.17, 15) is 4.79 Å². The predicted molar refractivity (Wildman–Crippen MR) is 94.6 cm³/mol. The zero-order valence-corrected chi connectivity index (χ0v) is 15.0. The first kappa shape index (κ1) is 16.8. The summed E-state index contributed by atoms with van der Waals surface area (Å²) >= 11 is 0. The van der Waals surface area contributed by atoms with Crippen LogP contribution in [0.4, 0.5) is 0 Å². The first-order valence-corrected chi connectivity index (χ1v) is 8.43. The van der Waals surface area contributed by atoms with Crippen LogP contribution in [0.15, 0.2) is 30.6 Å². The van der Waals surface area contributed by atoms with Crippen LogP contribution in [0.3, 0.4) is 0 Å². The molecule has 4 rings (SSSR count). The van der Waals surface area contributed by atoms with E-state index in [1.54, 1.807) is 0 Å². The molecule has 0 fully saturated rings. The lowest BCUT2D eigenvalue weighted by atomic mass is 10.1. The molecule has 0 N–H and O–H groups in total. The fourth-order valence-electron chi connectivity index (χ4n) is 3.20. The van der Waals surface area contributed by atoms with Gasteiger partial charge in [0.05, 0.1) is 0 Å². The van der Waals surface area contributed by atoms with Crippen molar-refractivity contribution in [2.24, 2.45) is 0 Å². The average Bonchev–Trinajstić information content (AvgIpc) is 3.36. The number of ketones is 1. The molecule has 1 aliphatic rings. The average molecular weight is 363 g/mol. The lowest BCUT2D eigenvalue weighted by Gasteiger charge is -2.10. The van der Waals surface area contributed by atoms with E-state index in [4.69, 9.17) is 14.7 Å². The smallest absolute Gasteiger partial charge is 0.252 e. The van der Waals surface area contributed by atoms with Crippen LogP contribution in [-0.4, -0.2) is 31.9 Å². The molecule has 0 saturated carbocycles. The van der Waals surface area contributed by atoms with E-state index in [1.807, 2.05) is 44.2 Å². The van der Waals surface area contributed by atoms with Gasteiger partial charge in [-0.05, 0) is 37.6 Å². The molecule has 1 aromatic carbocycles. The Morgan fingerprint density at radius 3 is 2.85 bits per heavy atom. The highest BCUT2D eigenvalue weighted by atomic mass is 16.7. The lowest BCUT2D eigenvalue weighted by Crippen LogP contribution is -2.12. The minimum absolute atomic E-state index is 0.0446. The number of rotatable bonds is 5. The van der Waals surface area contributed by atoms with Gasteiger partial charge in [-0.1, -0.05) is 6.07 Å². The van der Waals surface area contributed by atoms with Crippen molar-refractivity contribution in [2.45, 2.75) is 26.9 Å². The second-order valence-corrected chi connectivity index (χ2v) is 6.36. The molecule has 0 saturated heterocycles. The molecule has 136 valence electrons. The summed E-state index contributed by atoms with van der Waals surface area (Å²) in [7, 11) is 0. The maximum atomic E-state index is 12.7. The second kappa shape index (κ2) is 6.61. The molecule has 8 heteroatoms. The predicted octanol–water partition coefficient (Wildman–Crippen LogP) is 2.23. The van der Waals surface area contributed by atoms with Crippen molar-refractivity contribution in [1.82, 2.24) is 19.3 Å². The van der Waals surface area contributed by atoms with Gasteiger partial charge in [0.2, 0.25) is 6.79 Å². The van der Waals surface area contributed by atoms with Gasteiger partial charge in [-0.15, -0.1) is 5.10 Å². The molecule has 3 aromatic rings. The summed E-state index contributed by atoms with van der Waals surface area (Å²) in [5.41, 5.74) is 3.58. The Labute approximate surface area is 155 Å². The summed E-state index contributed by atoms with van der Waals surface area (Å²) in [6.07, 6.45) is 1.39. The van der Waals surface area contributed by atoms with Gasteiger partial charge in [-0.3, -0.25) is 4.79 Å². The van der Waals surface area contributed by atoms with Crippen molar-refractivity contribution < 1.29 is 14.3 Å². The third-order valence-corrected chi connectivity index (χ3v) is 4.59. The normalized spacial score (nSPS) is 12.2. The number of benzene rings is 1. The summed E-state index contributed by atoms with van der Waals surface area (Å²) in [5, 5.41) is 12.7. The fourth-order valence-corrected chi connectivity index (χ4v) is 3.20. The number of carbonyl (C=O) groups is 1. The van der Waals surface area contributed by atoms with E-state index in [0.717, 1.165) is 28.5 Å². The summed E-state index contributed by atoms with van der Waals surface area (Å²) in [6, 6.07) is 9.58. The fraction of sp³-hybridized carbons (Fsp3) is 0.263. The van der Waals surface area contributed by atoms with Crippen LogP contribution in [0.1, 0.15) is 33.1 Å². The number of Topliss-reactive ketones (excluding diaryl/α,β-unsaturated/α-hetero) is 1. The van der Waals surface area contributed by atoms with Crippen molar-refractivity contribution >= 4 is 5.78 Å². The first-order valence-electron chi connectivity index (χ1n) is 8.43. The summed E-state index contributed by atoms with van der Waals surface area (Å²) in [4.78, 5) is 16.5. The molecule has 0 radical (unpaired) electrons. The molecule has 2 aromatic heterocycles. The number of carbonyl (C=O) groups excluding carboxylic acids is 1. The molecular formula is C19H17N5O3. The van der Waals surface area contributed by atoms with E-state index >= 15 is 0 Å². The number of ether oxygens (including phenoxy) is 2. The van der Waals surface area contributed by atoms with Gasteiger partial charge in [0, 0.05) is 23.5 Å². The maximum absolute atomic E-state index is 12.7. The highest BCUT2D eigenvalue weighted by Gasteiger charge is 2.18. The topological polar surface area (TPSA) is 95.0 Å². The number of fused-ring (bicyclic) bond motifs is 1. The standard InChI is InChI=1S/C19H17N5O3/c1-12-5-15(16(25)9-23-10-21-19(7-20)22-23)13(2)24(12)8-14-3-4-17-18(6-14)27-11-26-17/h3-6,10H,8-9,11H2,1-2H3. The minimum Gasteiger partial charge on any atom is -0.454 e. The van der Waals surface area contributed by atoms with E-state index < -0.39 is 0 Å². The molecule has 0 unspecified atom stereocenters. The molecular weight excluding hydrogens is 346 g/mol. The SMILES string of the molecule is Cc1cc(C(=O)Cn2cnc(C#N)n2)c(C)n1Cc1ccc2c(c1)OCO2. The quantitative estimate of drug-likeness (QED) is 0.645. The Morgan fingerprint density at radius 2 is 2.07 bits per heavy atom. The molecule has 1 aliphatic heterocycles. The molecule has 27 heavy (non-hydrogen) atoms. The van der Waals surface area contributed by atoms with Crippen LogP contribution in [0.5, 0.6) is 11.5 Å². The number of hydrogen-bond acceptors (Lipinski definition) is 6. The van der Waals surface area contributed by atoms with Crippen molar-refractivity contribution in [3.8, 4) is 17.6 Å². The Morgan fingerprint density at radius 1 is 1.26 bits per heavy atom. The van der Waals surface area contributed by atoms with E-state index in [-0.39, 0.29) is 24.9 Å². The van der Waals surface area contributed by atoms with Crippen LogP contribution in [0.2, 0.25) is 0 Å². The molecule has 0 amide bonds. The summed E-state index contributed by atoms with van der Waals surface area (Å²) < 4.78 is 14.3. The molecule has 0 atom stereocenters. The Balaban J connectivity index is 1.56. The summed E-state index contributed by atoms with van der Waals surface area (Å²) in [6.45, 7) is 4.82. The van der Waals surface area contributed by atoms with Gasteiger partial charge in [0.25, 0.3) is 5.82 Å². The maximum Gasteiger partial charge on any atom is 0.252 e. The summed E-state index contributed by atoms with van der Waals surface area (Å²) in [5.74, 6) is 1.47. The van der Waals surface area contributed by atoms with E-state index in [1.165, 1.54) is 11.0 Å². The van der Waals surface area contributed by atoms with Gasteiger partial charge >= 0.3 is 0 Å². The highest BCUT2D eigenvalue weighted by molar-refractivity contribution is 5.97. The zero-order valence-electron chi connectivity index (χ0n) is 15.0. The van der Waals surface area contributed by atoms with Crippen LogP contribution in [0, 0.1) is 25.2 Å². The van der Waals surface area contributed by atoms with Crippen LogP contribution in [-0.2, 0) is 13.1 Å². The van der Waals surface area contributed by atoms with Crippen molar-refractivity contribution in [1.29, 1.82) is 5.26 Å². The van der Waals surface area contributed by atoms with Gasteiger partial charge in [0.15, 0.2) is 17.3 Å². The van der Waals surface area contributed by atoms with Crippen molar-refractivity contribution in [2.75, 3.05) is 6.79 Å². The van der Waals surface area contributed by atoms with Gasteiger partial charge in [0.1, 0.15) is 18.9 Å². The molecule has 8 nitrogen and oxygen atoms in total. The van der Waals surface area contributed by atoms with Crippen LogP contribution in [0.25, 0.3) is 0 Å². The third kappa shape index (κ3) is 3.15. The monoisotopic (exact) mass is 363 g/mol. The number of aryl methyl sites for hydroxylation is 1. The van der Waals surface area contributed by atoms with Gasteiger partial charge in [-0.2, -0.15) is 5.26 Å². The minimum atomic E-state index is -0.0746. The number of nitrogens with zero attached hydrogens (tertiary/aromatic N) is 5. The van der Waals surface area contributed by atoms with E-state index in [0.29, 0.717) is 12.1 Å². The Hall–Kier alpha value is -3.60. The van der Waals surface area contributed by atoms with Crippen molar-refractivity contribution in [3.63, 3.8) is 0 Å². The number of nitriles is 1. The molecule has 3 heterocycles. The largest absolute Gasteiger partial charge is 0.454 e. The van der Waals surface area contributed by atoms with Crippen molar-refractivity contribution in [3.05, 3.63) is 58.9 Å². The highest BCUT2D eigenvalue weighted by Crippen LogP contribution is 2.33. The first-order chi connectivity index (χ1) is 13.0. The van der Waals surface area contributed by atoms with E-state index in [2.05, 4.69) is 14.6 Å². The van der Waals surface area contributed by atoms with Crippen LogP contribution < -0.4 is 9.47 Å². The molecule has 0 aliphatic carbocycles. The van der Waals surface area contributed by atoms with Gasteiger partial charge in [-0.25, -0.2) is 9.67 Å². The number of hydrogen-bond donors (Lipinski definition) is 0. The molecule has 0 bridgehead atoms. The van der Waals surface area contributed by atoms with Crippen LogP contribution >= 0.6 is 0 Å².